The van der Waals surface area contributed by atoms with Crippen molar-refractivity contribution in [3.63, 3.8) is 0 Å². The van der Waals surface area contributed by atoms with Gasteiger partial charge in [-0.3, -0.25) is 0 Å². The number of aryl methyl sites for hydroxylation is 1. The minimum absolute atomic E-state index is 0.0273. The predicted molar refractivity (Wildman–Crippen MR) is 148 cm³/mol. The van der Waals surface area contributed by atoms with Crippen molar-refractivity contribution in [2.24, 2.45) is 11.1 Å². The maximum Gasteiger partial charge on any atom is 0.172 e. The largest absolute Gasteiger partial charge is 0.495 e. The first kappa shape index (κ1) is 26.5. The number of halogens is 2. The molecule has 4 heterocycles. The third kappa shape index (κ3) is 4.98. The molecule has 0 saturated carbocycles. The van der Waals surface area contributed by atoms with Crippen LogP contribution in [0.4, 0.5) is 8.78 Å². The molecule has 9 heteroatoms. The lowest BCUT2D eigenvalue weighted by atomic mass is 9.83. The first-order valence-electron chi connectivity index (χ1n) is 13.9. The summed E-state index contributed by atoms with van der Waals surface area (Å²) in [5.41, 5.74) is 4.41. The Bertz CT molecular complexity index is 1440. The molecule has 0 N–H and O–H groups in total. The van der Waals surface area contributed by atoms with Crippen LogP contribution in [-0.4, -0.2) is 53.3 Å². The highest BCUT2D eigenvalue weighted by Crippen LogP contribution is 2.42. The number of fused-ring (bicyclic) bond motifs is 1. The Balaban J connectivity index is 1.37. The van der Waals surface area contributed by atoms with Gasteiger partial charge in [0, 0.05) is 37.4 Å². The Labute approximate surface area is 233 Å². The van der Waals surface area contributed by atoms with Crippen LogP contribution in [0, 0.1) is 31.4 Å². The molecule has 2 saturated heterocycles. The lowest BCUT2D eigenvalue weighted by molar-refractivity contribution is -0.0817. The number of hydrogen-bond donors (Lipinski definition) is 0. The van der Waals surface area contributed by atoms with Crippen LogP contribution in [0.3, 0.4) is 0 Å². The second-order valence-corrected chi connectivity index (χ2v) is 10.8. The van der Waals surface area contributed by atoms with Crippen molar-refractivity contribution in [1.29, 1.82) is 0 Å². The highest BCUT2D eigenvalue weighted by Gasteiger charge is 2.44. The normalized spacial score (nSPS) is 22.6. The molecule has 0 spiro atoms. The van der Waals surface area contributed by atoms with Gasteiger partial charge in [-0.2, -0.15) is 0 Å². The number of imidazole rings is 1. The maximum atomic E-state index is 14.8. The van der Waals surface area contributed by atoms with Gasteiger partial charge in [-0.05, 0) is 86.6 Å². The molecule has 3 aliphatic heterocycles. The number of hydrogen-bond acceptors (Lipinski definition) is 6. The third-order valence-corrected chi connectivity index (χ3v) is 8.22. The second kappa shape index (κ2) is 11.0. The number of piperidine rings is 1. The van der Waals surface area contributed by atoms with Crippen LogP contribution in [0.25, 0.3) is 11.8 Å². The Morgan fingerprint density at radius 2 is 1.85 bits per heavy atom. The number of amidine groups is 1. The molecule has 7 nitrogen and oxygen atoms in total. The van der Waals surface area contributed by atoms with E-state index < -0.39 is 11.6 Å². The van der Waals surface area contributed by atoms with Gasteiger partial charge < -0.3 is 23.8 Å². The third-order valence-electron chi connectivity index (χ3n) is 8.22. The Morgan fingerprint density at radius 1 is 1.07 bits per heavy atom. The molecule has 6 rings (SSSR count). The van der Waals surface area contributed by atoms with Crippen LogP contribution >= 0.6 is 0 Å². The molecule has 2 atom stereocenters. The van der Waals surface area contributed by atoms with Crippen molar-refractivity contribution >= 4 is 11.9 Å². The molecular formula is C31H34F2N4O3. The van der Waals surface area contributed by atoms with Gasteiger partial charge in [-0.15, -0.1) is 0 Å². The minimum atomic E-state index is -0.544. The molecule has 0 aliphatic carbocycles. The molecule has 0 radical (unpaired) electrons. The number of rotatable bonds is 5. The molecule has 210 valence electrons. The topological polar surface area (TPSA) is 61.1 Å². The van der Waals surface area contributed by atoms with Crippen molar-refractivity contribution < 1.29 is 23.1 Å². The highest BCUT2D eigenvalue weighted by molar-refractivity contribution is 6.03. The summed E-state index contributed by atoms with van der Waals surface area (Å²) in [4.78, 5) is 12.7. The van der Waals surface area contributed by atoms with E-state index in [0.29, 0.717) is 24.6 Å². The molecule has 3 aromatic rings. The molecule has 2 aromatic carbocycles. The lowest BCUT2D eigenvalue weighted by Gasteiger charge is -2.46. The Hall–Kier alpha value is -3.72. The van der Waals surface area contributed by atoms with E-state index in [-0.39, 0.29) is 23.6 Å². The fourth-order valence-corrected chi connectivity index (χ4v) is 6.05. The van der Waals surface area contributed by atoms with Gasteiger partial charge in [0.05, 0.1) is 30.9 Å². The van der Waals surface area contributed by atoms with Crippen LogP contribution in [0.15, 0.2) is 53.6 Å². The van der Waals surface area contributed by atoms with Gasteiger partial charge in [-0.1, -0.05) is 11.2 Å². The molecule has 40 heavy (non-hydrogen) atoms. The van der Waals surface area contributed by atoms with Crippen LogP contribution in [0.2, 0.25) is 0 Å². The van der Waals surface area contributed by atoms with Crippen LogP contribution in [0.5, 0.6) is 5.75 Å². The summed E-state index contributed by atoms with van der Waals surface area (Å²) in [6, 6.07) is 8.60. The fourth-order valence-electron chi connectivity index (χ4n) is 6.05. The Morgan fingerprint density at radius 3 is 2.55 bits per heavy atom. The monoisotopic (exact) mass is 548 g/mol. The van der Waals surface area contributed by atoms with Crippen molar-refractivity contribution in [2.75, 3.05) is 26.9 Å². The van der Waals surface area contributed by atoms with Gasteiger partial charge in [0.15, 0.2) is 11.9 Å². The number of nitrogens with zero attached hydrogens (tertiary/aromatic N) is 4. The van der Waals surface area contributed by atoms with E-state index in [4.69, 9.17) is 14.3 Å². The van der Waals surface area contributed by atoms with E-state index in [2.05, 4.69) is 21.1 Å². The second-order valence-electron chi connectivity index (χ2n) is 10.8. The maximum absolute atomic E-state index is 14.8. The van der Waals surface area contributed by atoms with Crippen molar-refractivity contribution in [1.82, 2.24) is 14.5 Å². The summed E-state index contributed by atoms with van der Waals surface area (Å²) in [6.07, 6.45) is 8.84. The van der Waals surface area contributed by atoms with Gasteiger partial charge in [0.2, 0.25) is 0 Å². The van der Waals surface area contributed by atoms with E-state index in [1.807, 2.05) is 35.9 Å². The highest BCUT2D eigenvalue weighted by atomic mass is 19.1. The lowest BCUT2D eigenvalue weighted by Crippen LogP contribution is -2.51. The summed E-state index contributed by atoms with van der Waals surface area (Å²) >= 11 is 0. The Kier molecular flexibility index (Phi) is 7.31. The number of ether oxygens (including phenoxy) is 2. The predicted octanol–water partition coefficient (Wildman–Crippen LogP) is 6.14. The molecule has 1 unspecified atom stereocenters. The van der Waals surface area contributed by atoms with Gasteiger partial charge in [0.25, 0.3) is 0 Å². The quantitative estimate of drug-likeness (QED) is 0.384. The fraction of sp³-hybridized carbons (Fsp3) is 0.419. The van der Waals surface area contributed by atoms with E-state index in [1.165, 1.54) is 19.1 Å². The number of aromatic nitrogens is 2. The van der Waals surface area contributed by atoms with Gasteiger partial charge in [0.1, 0.15) is 17.4 Å². The SMILES string of the molecule is COc1cc(/C=C2\CCCN3C2=NOC(C2CCOCC2)[C@@H]3c2cc(F)c(C)c(F)c2)ccc1-n1cnc(C)c1. The molecule has 3 aliphatic rings. The number of methoxy groups -OCH3 is 1. The van der Waals surface area contributed by atoms with Crippen LogP contribution in [0.1, 0.15) is 54.1 Å². The minimum Gasteiger partial charge on any atom is -0.495 e. The van der Waals surface area contributed by atoms with Crippen molar-refractivity contribution in [2.45, 2.75) is 51.7 Å². The van der Waals surface area contributed by atoms with Crippen molar-refractivity contribution in [3.8, 4) is 11.4 Å². The van der Waals surface area contributed by atoms with Gasteiger partial charge in [-0.25, -0.2) is 13.8 Å². The smallest absolute Gasteiger partial charge is 0.172 e. The molecule has 0 amide bonds. The molecule has 0 bridgehead atoms. The molecule has 2 fully saturated rings. The summed E-state index contributed by atoms with van der Waals surface area (Å²) in [5.74, 6) is 0.531. The van der Waals surface area contributed by atoms with Crippen molar-refractivity contribution in [3.05, 3.63) is 82.4 Å². The summed E-state index contributed by atoms with van der Waals surface area (Å²) in [5, 5.41) is 4.64. The summed E-state index contributed by atoms with van der Waals surface area (Å²) in [7, 11) is 1.65. The zero-order valence-corrected chi connectivity index (χ0v) is 23.1. The molecular weight excluding hydrogens is 514 g/mol. The summed E-state index contributed by atoms with van der Waals surface area (Å²) < 4.78 is 42.8. The number of benzene rings is 2. The first-order valence-corrected chi connectivity index (χ1v) is 13.9. The van der Waals surface area contributed by atoms with Crippen LogP contribution < -0.4 is 4.74 Å². The average Bonchev–Trinajstić information content (AvgIpc) is 3.41. The van der Waals surface area contributed by atoms with E-state index in [0.717, 1.165) is 60.5 Å². The zero-order valence-electron chi connectivity index (χ0n) is 23.1. The average molecular weight is 549 g/mol. The first-order chi connectivity index (χ1) is 19.4. The summed E-state index contributed by atoms with van der Waals surface area (Å²) in [6.45, 7) is 5.42. The van der Waals surface area contributed by atoms with E-state index in [9.17, 15) is 8.78 Å². The molecule has 1 aromatic heterocycles. The van der Waals surface area contributed by atoms with E-state index >= 15 is 0 Å². The van der Waals surface area contributed by atoms with Crippen LogP contribution in [-0.2, 0) is 9.57 Å². The van der Waals surface area contributed by atoms with Gasteiger partial charge >= 0.3 is 0 Å². The number of oxime groups is 1. The van der Waals surface area contributed by atoms with E-state index in [1.54, 1.807) is 13.4 Å². The standard InChI is InChI=1S/C31H34F2N4O3/c1-19-17-36(18-34-19)27-7-6-21(14-28(27)38-3)13-23-5-4-10-37-29(24-15-25(32)20(2)26(33)16-24)30(40-35-31(23)37)22-8-11-39-12-9-22/h6-7,13-18,22,29-30H,4-5,8-12H2,1-3H3/b23-13+/t29-,30?/m0/s1. The zero-order chi connectivity index (χ0) is 27.8.